The highest BCUT2D eigenvalue weighted by Crippen LogP contribution is 2.24. The summed E-state index contributed by atoms with van der Waals surface area (Å²) in [6.07, 6.45) is 4.42. The lowest BCUT2D eigenvalue weighted by Crippen LogP contribution is -2.46. The summed E-state index contributed by atoms with van der Waals surface area (Å²) in [4.78, 5) is 4.65. The van der Waals surface area contributed by atoms with E-state index in [1.165, 1.54) is 29.7 Å². The zero-order valence-corrected chi connectivity index (χ0v) is 15.2. The van der Waals surface area contributed by atoms with Gasteiger partial charge in [-0.2, -0.15) is 0 Å². The zero-order valence-electron chi connectivity index (χ0n) is 14.4. The van der Waals surface area contributed by atoms with Gasteiger partial charge in [0, 0.05) is 18.8 Å². The molecule has 1 aliphatic rings. The minimum atomic E-state index is 0.551. The number of hydrogen-bond acceptors (Lipinski definition) is 2. The van der Waals surface area contributed by atoms with Gasteiger partial charge in [0.05, 0.1) is 0 Å². The number of thiocarbonyl (C=S) groups is 1. The molecule has 1 saturated heterocycles. The number of benzene rings is 1. The molecule has 1 fully saturated rings. The van der Waals surface area contributed by atoms with Gasteiger partial charge in [-0.15, -0.1) is 0 Å². The van der Waals surface area contributed by atoms with Crippen molar-refractivity contribution in [3.63, 3.8) is 0 Å². The van der Waals surface area contributed by atoms with Gasteiger partial charge in [0.2, 0.25) is 0 Å². The van der Waals surface area contributed by atoms with Crippen LogP contribution in [0.15, 0.2) is 18.2 Å². The van der Waals surface area contributed by atoms with Crippen LogP contribution in [-0.4, -0.2) is 48.1 Å². The van der Waals surface area contributed by atoms with E-state index in [-0.39, 0.29) is 0 Å². The Morgan fingerprint density at radius 2 is 1.77 bits per heavy atom. The second-order valence-corrected chi connectivity index (χ2v) is 6.62. The Morgan fingerprint density at radius 1 is 1.23 bits per heavy atom. The van der Waals surface area contributed by atoms with Crippen molar-refractivity contribution in [3.8, 4) is 0 Å². The van der Waals surface area contributed by atoms with Crippen molar-refractivity contribution >= 4 is 23.0 Å². The van der Waals surface area contributed by atoms with Crippen LogP contribution >= 0.6 is 12.2 Å². The predicted octanol–water partition coefficient (Wildman–Crippen LogP) is 3.53. The fourth-order valence-corrected chi connectivity index (χ4v) is 3.40. The van der Waals surface area contributed by atoms with Gasteiger partial charge in [-0.3, -0.25) is 0 Å². The Hall–Kier alpha value is -1.13. The van der Waals surface area contributed by atoms with E-state index in [0.717, 1.165) is 31.0 Å². The smallest absolute Gasteiger partial charge is 0.173 e. The number of rotatable bonds is 4. The Kier molecular flexibility index (Phi) is 6.21. The third-order valence-corrected chi connectivity index (χ3v) is 5.18. The van der Waals surface area contributed by atoms with Crippen molar-refractivity contribution in [2.24, 2.45) is 0 Å². The molecule has 1 aromatic rings. The van der Waals surface area contributed by atoms with Gasteiger partial charge in [-0.25, -0.2) is 0 Å². The molecule has 1 aliphatic heterocycles. The van der Waals surface area contributed by atoms with E-state index in [1.54, 1.807) is 0 Å². The molecule has 0 radical (unpaired) electrons. The lowest BCUT2D eigenvalue weighted by Gasteiger charge is -2.36. The van der Waals surface area contributed by atoms with Crippen LogP contribution in [-0.2, 0) is 12.8 Å². The molecule has 0 amide bonds. The molecule has 1 N–H and O–H groups in total. The van der Waals surface area contributed by atoms with Crippen LogP contribution in [0.5, 0.6) is 0 Å². The van der Waals surface area contributed by atoms with Crippen LogP contribution in [0.2, 0.25) is 0 Å². The first-order chi connectivity index (χ1) is 10.6. The summed E-state index contributed by atoms with van der Waals surface area (Å²) in [6.45, 7) is 6.71. The highest BCUT2D eigenvalue weighted by Gasteiger charge is 2.22. The van der Waals surface area contributed by atoms with Crippen LogP contribution < -0.4 is 5.32 Å². The van der Waals surface area contributed by atoms with E-state index in [0.29, 0.717) is 6.04 Å². The van der Waals surface area contributed by atoms with E-state index in [9.17, 15) is 0 Å². The summed E-state index contributed by atoms with van der Waals surface area (Å²) in [5.74, 6) is 0. The minimum absolute atomic E-state index is 0.551. The number of nitrogens with one attached hydrogen (secondary N) is 1. The highest BCUT2D eigenvalue weighted by atomic mass is 32.1. The molecule has 122 valence electrons. The molecule has 3 nitrogen and oxygen atoms in total. The first-order valence-electron chi connectivity index (χ1n) is 8.39. The van der Waals surface area contributed by atoms with Crippen molar-refractivity contribution in [2.45, 2.75) is 45.6 Å². The molecular weight excluding hydrogens is 290 g/mol. The zero-order chi connectivity index (χ0) is 16.1. The average molecular weight is 320 g/mol. The van der Waals surface area contributed by atoms with Crippen molar-refractivity contribution in [1.29, 1.82) is 0 Å². The normalized spacial score (nSPS) is 16.5. The Labute approximate surface area is 140 Å². The maximum Gasteiger partial charge on any atom is 0.173 e. The van der Waals surface area contributed by atoms with Gasteiger partial charge in [0.15, 0.2) is 5.11 Å². The summed E-state index contributed by atoms with van der Waals surface area (Å²) in [5.41, 5.74) is 3.91. The first kappa shape index (κ1) is 17.2. The van der Waals surface area contributed by atoms with Crippen LogP contribution in [0.25, 0.3) is 0 Å². The van der Waals surface area contributed by atoms with E-state index < -0.39 is 0 Å². The molecule has 1 heterocycles. The van der Waals surface area contributed by atoms with Gasteiger partial charge in [-0.1, -0.05) is 32.0 Å². The Balaban J connectivity index is 2.08. The molecule has 1 aromatic carbocycles. The molecule has 0 unspecified atom stereocenters. The molecule has 0 aromatic heterocycles. The number of nitrogens with zero attached hydrogens (tertiary/aromatic N) is 2. The molecule has 2 rings (SSSR count). The van der Waals surface area contributed by atoms with Gasteiger partial charge in [-0.05, 0) is 69.2 Å². The largest absolute Gasteiger partial charge is 0.349 e. The van der Waals surface area contributed by atoms with Crippen LogP contribution in [0.1, 0.15) is 37.8 Å². The summed E-state index contributed by atoms with van der Waals surface area (Å²) < 4.78 is 0. The Morgan fingerprint density at radius 3 is 2.27 bits per heavy atom. The molecule has 0 bridgehead atoms. The average Bonchev–Trinajstić information content (AvgIpc) is 2.55. The number of para-hydroxylation sites is 1. The number of hydrogen-bond donors (Lipinski definition) is 1. The van der Waals surface area contributed by atoms with Crippen molar-refractivity contribution in [3.05, 3.63) is 29.3 Å². The number of likely N-dealkylation sites (tertiary alicyclic amines) is 1. The van der Waals surface area contributed by atoms with Crippen LogP contribution in [0.4, 0.5) is 5.69 Å². The van der Waals surface area contributed by atoms with Crippen LogP contribution in [0, 0.1) is 0 Å². The summed E-state index contributed by atoms with van der Waals surface area (Å²) >= 11 is 5.69. The Bertz CT molecular complexity index is 485. The summed E-state index contributed by atoms with van der Waals surface area (Å²) in [6, 6.07) is 7.08. The molecule has 0 spiro atoms. The second kappa shape index (κ2) is 7.93. The predicted molar refractivity (Wildman–Crippen MR) is 99.7 cm³/mol. The number of piperidine rings is 1. The summed E-state index contributed by atoms with van der Waals surface area (Å²) in [7, 11) is 4.32. The number of aryl methyl sites for hydroxylation is 2. The third kappa shape index (κ3) is 3.99. The quantitative estimate of drug-likeness (QED) is 0.855. The molecule has 0 aliphatic carbocycles. The van der Waals surface area contributed by atoms with E-state index >= 15 is 0 Å². The highest BCUT2D eigenvalue weighted by molar-refractivity contribution is 7.80. The van der Waals surface area contributed by atoms with Crippen molar-refractivity contribution in [1.82, 2.24) is 9.80 Å². The van der Waals surface area contributed by atoms with E-state index in [4.69, 9.17) is 12.2 Å². The van der Waals surface area contributed by atoms with E-state index in [2.05, 4.69) is 61.3 Å². The van der Waals surface area contributed by atoms with Gasteiger partial charge >= 0.3 is 0 Å². The SMILES string of the molecule is CCc1cccc(CC)c1NC(=S)N(C)C1CCN(C)CC1. The van der Waals surface area contributed by atoms with Gasteiger partial charge in [0.25, 0.3) is 0 Å². The monoisotopic (exact) mass is 319 g/mol. The van der Waals surface area contributed by atoms with Gasteiger partial charge in [0.1, 0.15) is 0 Å². The van der Waals surface area contributed by atoms with Gasteiger partial charge < -0.3 is 15.1 Å². The van der Waals surface area contributed by atoms with Crippen molar-refractivity contribution < 1.29 is 0 Å². The second-order valence-electron chi connectivity index (χ2n) is 6.23. The maximum atomic E-state index is 5.69. The van der Waals surface area contributed by atoms with Crippen LogP contribution in [0.3, 0.4) is 0 Å². The molecule has 0 saturated carbocycles. The molecule has 0 atom stereocenters. The van der Waals surface area contributed by atoms with Crippen molar-refractivity contribution in [2.75, 3.05) is 32.5 Å². The molecular formula is C18H29N3S. The molecule has 22 heavy (non-hydrogen) atoms. The number of anilines is 1. The lowest BCUT2D eigenvalue weighted by molar-refractivity contribution is 0.193. The topological polar surface area (TPSA) is 18.5 Å². The first-order valence-corrected chi connectivity index (χ1v) is 8.80. The fraction of sp³-hybridized carbons (Fsp3) is 0.611. The van der Waals surface area contributed by atoms with E-state index in [1.807, 2.05) is 0 Å². The fourth-order valence-electron chi connectivity index (χ4n) is 3.15. The minimum Gasteiger partial charge on any atom is -0.349 e. The lowest BCUT2D eigenvalue weighted by atomic mass is 10.0. The summed E-state index contributed by atoms with van der Waals surface area (Å²) in [5, 5.41) is 4.39. The molecule has 4 heteroatoms. The third-order valence-electron chi connectivity index (χ3n) is 4.79. The maximum absolute atomic E-state index is 5.69. The standard InChI is InChI=1S/C18H29N3S/c1-5-14-8-7-9-15(6-2)17(14)19-18(22)21(4)16-10-12-20(3)13-11-16/h7-9,16H,5-6,10-13H2,1-4H3,(H,19,22).